The SMILES string of the molecule is CCCCNC(=O)CCCCCCCCC(=O)S. The van der Waals surface area contributed by atoms with E-state index in [4.69, 9.17) is 0 Å². The minimum Gasteiger partial charge on any atom is -0.356 e. The fraction of sp³-hybridized carbons (Fsp3) is 0.857. The molecule has 0 aromatic heterocycles. The van der Waals surface area contributed by atoms with Gasteiger partial charge in [0.15, 0.2) is 5.12 Å². The normalized spacial score (nSPS) is 10.3. The third-order valence-corrected chi connectivity index (χ3v) is 3.12. The van der Waals surface area contributed by atoms with Crippen LogP contribution in [-0.4, -0.2) is 17.6 Å². The van der Waals surface area contributed by atoms with E-state index in [1.54, 1.807) is 0 Å². The molecule has 0 radical (unpaired) electrons. The van der Waals surface area contributed by atoms with Crippen molar-refractivity contribution in [1.29, 1.82) is 0 Å². The number of nitrogens with one attached hydrogen (secondary N) is 1. The zero-order valence-corrected chi connectivity index (χ0v) is 12.4. The van der Waals surface area contributed by atoms with Crippen LogP contribution in [0.3, 0.4) is 0 Å². The summed E-state index contributed by atoms with van der Waals surface area (Å²) >= 11 is 3.73. The number of carbonyl (C=O) groups excluding carboxylic acids is 2. The van der Waals surface area contributed by atoms with Crippen LogP contribution in [0, 0.1) is 0 Å². The maximum atomic E-state index is 11.4. The van der Waals surface area contributed by atoms with Crippen molar-refractivity contribution in [2.24, 2.45) is 0 Å². The molecule has 0 unspecified atom stereocenters. The highest BCUT2D eigenvalue weighted by molar-refractivity contribution is 7.96. The third kappa shape index (κ3) is 13.6. The van der Waals surface area contributed by atoms with E-state index in [0.717, 1.165) is 57.9 Å². The van der Waals surface area contributed by atoms with Crippen LogP contribution in [0.25, 0.3) is 0 Å². The quantitative estimate of drug-likeness (QED) is 0.422. The first-order valence-corrected chi connectivity index (χ1v) is 7.60. The van der Waals surface area contributed by atoms with Gasteiger partial charge in [-0.15, -0.1) is 12.6 Å². The fourth-order valence-electron chi connectivity index (χ4n) is 1.76. The largest absolute Gasteiger partial charge is 0.356 e. The van der Waals surface area contributed by atoms with E-state index < -0.39 is 0 Å². The Hall–Kier alpha value is -0.510. The number of hydrogen-bond acceptors (Lipinski definition) is 2. The maximum absolute atomic E-state index is 11.4. The second-order valence-corrected chi connectivity index (χ2v) is 5.22. The molecule has 106 valence electrons. The van der Waals surface area contributed by atoms with Gasteiger partial charge in [0.25, 0.3) is 0 Å². The van der Waals surface area contributed by atoms with Gasteiger partial charge in [-0.25, -0.2) is 0 Å². The zero-order valence-electron chi connectivity index (χ0n) is 11.5. The highest BCUT2D eigenvalue weighted by atomic mass is 32.1. The lowest BCUT2D eigenvalue weighted by Crippen LogP contribution is -2.23. The molecule has 1 amide bonds. The van der Waals surface area contributed by atoms with Crippen molar-refractivity contribution in [3.63, 3.8) is 0 Å². The number of hydrogen-bond donors (Lipinski definition) is 2. The van der Waals surface area contributed by atoms with E-state index in [9.17, 15) is 9.59 Å². The zero-order chi connectivity index (χ0) is 13.6. The first-order chi connectivity index (χ1) is 8.66. The first-order valence-electron chi connectivity index (χ1n) is 7.15. The Labute approximate surface area is 117 Å². The number of unbranched alkanes of at least 4 members (excludes halogenated alkanes) is 6. The number of amides is 1. The maximum Gasteiger partial charge on any atom is 0.219 e. The molecular weight excluding hydrogens is 246 g/mol. The molecule has 0 saturated carbocycles. The summed E-state index contributed by atoms with van der Waals surface area (Å²) in [6.07, 6.45) is 9.85. The van der Waals surface area contributed by atoms with Crippen molar-refractivity contribution in [2.75, 3.05) is 6.54 Å². The third-order valence-electron chi connectivity index (χ3n) is 2.90. The van der Waals surface area contributed by atoms with Crippen molar-refractivity contribution in [3.8, 4) is 0 Å². The van der Waals surface area contributed by atoms with Gasteiger partial charge in [-0.05, 0) is 19.3 Å². The van der Waals surface area contributed by atoms with E-state index in [-0.39, 0.29) is 11.0 Å². The monoisotopic (exact) mass is 273 g/mol. The average molecular weight is 273 g/mol. The molecule has 0 saturated heterocycles. The van der Waals surface area contributed by atoms with Crippen molar-refractivity contribution in [3.05, 3.63) is 0 Å². The lowest BCUT2D eigenvalue weighted by molar-refractivity contribution is -0.121. The summed E-state index contributed by atoms with van der Waals surface area (Å²) in [5.74, 6) is 0.184. The number of thiol groups is 1. The van der Waals surface area contributed by atoms with Gasteiger partial charge < -0.3 is 5.32 Å². The van der Waals surface area contributed by atoms with E-state index in [1.165, 1.54) is 0 Å². The molecule has 0 atom stereocenters. The molecular formula is C14H27NO2S. The summed E-state index contributed by atoms with van der Waals surface area (Å²) in [7, 11) is 0. The fourth-order valence-corrected chi connectivity index (χ4v) is 1.92. The van der Waals surface area contributed by atoms with Crippen LogP contribution in [0.4, 0.5) is 0 Å². The Morgan fingerprint density at radius 1 is 0.889 bits per heavy atom. The molecule has 4 heteroatoms. The van der Waals surface area contributed by atoms with Gasteiger partial charge in [0.2, 0.25) is 5.91 Å². The van der Waals surface area contributed by atoms with Gasteiger partial charge in [-0.1, -0.05) is 39.0 Å². The van der Waals surface area contributed by atoms with Crippen molar-refractivity contribution in [1.82, 2.24) is 5.32 Å². The minimum atomic E-state index is -0.0150. The number of carbonyl (C=O) groups is 2. The van der Waals surface area contributed by atoms with Crippen LogP contribution in [0.5, 0.6) is 0 Å². The van der Waals surface area contributed by atoms with Gasteiger partial charge in [-0.2, -0.15) is 0 Å². The summed E-state index contributed by atoms with van der Waals surface area (Å²) in [6, 6.07) is 0. The molecule has 0 aliphatic carbocycles. The highest BCUT2D eigenvalue weighted by Gasteiger charge is 2.00. The molecule has 0 bridgehead atoms. The van der Waals surface area contributed by atoms with Gasteiger partial charge in [0.05, 0.1) is 0 Å². The van der Waals surface area contributed by atoms with Crippen LogP contribution < -0.4 is 5.32 Å². The molecule has 0 rings (SSSR count). The molecule has 0 aliphatic rings. The summed E-state index contributed by atoms with van der Waals surface area (Å²) in [6.45, 7) is 2.93. The minimum absolute atomic E-state index is 0.0150. The smallest absolute Gasteiger partial charge is 0.219 e. The lowest BCUT2D eigenvalue weighted by atomic mass is 10.1. The van der Waals surface area contributed by atoms with E-state index in [2.05, 4.69) is 24.9 Å². The molecule has 3 nitrogen and oxygen atoms in total. The predicted octanol–water partition coefficient (Wildman–Crippen LogP) is 3.48. The molecule has 18 heavy (non-hydrogen) atoms. The lowest BCUT2D eigenvalue weighted by Gasteiger charge is -2.04. The van der Waals surface area contributed by atoms with Gasteiger partial charge in [0.1, 0.15) is 0 Å². The predicted molar refractivity (Wildman–Crippen MR) is 78.8 cm³/mol. The molecule has 0 aromatic carbocycles. The van der Waals surface area contributed by atoms with Gasteiger partial charge >= 0.3 is 0 Å². The number of rotatable bonds is 12. The Morgan fingerprint density at radius 2 is 1.44 bits per heavy atom. The van der Waals surface area contributed by atoms with E-state index >= 15 is 0 Å². The second-order valence-electron chi connectivity index (χ2n) is 4.72. The summed E-state index contributed by atoms with van der Waals surface area (Å²) < 4.78 is 0. The van der Waals surface area contributed by atoms with Crippen LogP contribution in [0.1, 0.15) is 71.1 Å². The van der Waals surface area contributed by atoms with Gasteiger partial charge in [-0.3, -0.25) is 9.59 Å². The van der Waals surface area contributed by atoms with Crippen LogP contribution in [0.2, 0.25) is 0 Å². The second kappa shape index (κ2) is 12.9. The standard InChI is InChI=1S/C14H27NO2S/c1-2-3-12-15-13(16)10-8-6-4-5-7-9-11-14(17)18/h2-12H2,1H3,(H,15,16)(H,17,18). The van der Waals surface area contributed by atoms with Crippen molar-refractivity contribution >= 4 is 23.7 Å². The van der Waals surface area contributed by atoms with Crippen molar-refractivity contribution < 1.29 is 9.59 Å². The molecule has 0 aromatic rings. The summed E-state index contributed by atoms with van der Waals surface area (Å²) in [5.41, 5.74) is 0. The molecule has 0 heterocycles. The van der Waals surface area contributed by atoms with Gasteiger partial charge in [0, 0.05) is 19.4 Å². The van der Waals surface area contributed by atoms with Crippen molar-refractivity contribution in [2.45, 2.75) is 71.1 Å². The van der Waals surface area contributed by atoms with E-state index in [1.807, 2.05) is 0 Å². The Morgan fingerprint density at radius 3 is 2.00 bits per heavy atom. The average Bonchev–Trinajstić information content (AvgIpc) is 2.32. The van der Waals surface area contributed by atoms with Crippen LogP contribution in [-0.2, 0) is 9.59 Å². The Balaban J connectivity index is 3.15. The first kappa shape index (κ1) is 17.5. The summed E-state index contributed by atoms with van der Waals surface area (Å²) in [4.78, 5) is 22.0. The molecule has 1 N–H and O–H groups in total. The highest BCUT2D eigenvalue weighted by Crippen LogP contribution is 2.09. The van der Waals surface area contributed by atoms with Crippen LogP contribution >= 0.6 is 12.6 Å². The molecule has 0 fully saturated rings. The van der Waals surface area contributed by atoms with E-state index in [0.29, 0.717) is 12.8 Å². The Kier molecular flexibility index (Phi) is 12.6. The topological polar surface area (TPSA) is 46.2 Å². The van der Waals surface area contributed by atoms with Crippen LogP contribution in [0.15, 0.2) is 0 Å². The summed E-state index contributed by atoms with van der Waals surface area (Å²) in [5, 5.41) is 2.91. The molecule has 0 spiro atoms. The molecule has 0 aliphatic heterocycles. The Bertz CT molecular complexity index is 232.